The van der Waals surface area contributed by atoms with Crippen LogP contribution in [0.25, 0.3) is 0 Å². The van der Waals surface area contributed by atoms with Gasteiger partial charge in [-0.2, -0.15) is 5.10 Å². The Labute approximate surface area is 132 Å². The van der Waals surface area contributed by atoms with E-state index >= 15 is 0 Å². The summed E-state index contributed by atoms with van der Waals surface area (Å²) in [6.07, 6.45) is 5.63. The molecule has 0 saturated carbocycles. The van der Waals surface area contributed by atoms with Crippen molar-refractivity contribution in [3.05, 3.63) is 18.0 Å². The minimum atomic E-state index is -0.694. The highest BCUT2D eigenvalue weighted by Crippen LogP contribution is 2.24. The zero-order valence-corrected chi connectivity index (χ0v) is 14.1. The van der Waals surface area contributed by atoms with Crippen molar-refractivity contribution in [2.24, 2.45) is 0 Å². The fourth-order valence-corrected chi connectivity index (χ4v) is 3.04. The number of likely N-dealkylation sites (tertiary alicyclic amines) is 1. The Morgan fingerprint density at radius 3 is 2.73 bits per heavy atom. The third kappa shape index (κ3) is 4.08. The van der Waals surface area contributed by atoms with Gasteiger partial charge in [0.1, 0.15) is 0 Å². The van der Waals surface area contributed by atoms with Crippen LogP contribution in [0.3, 0.4) is 0 Å². The van der Waals surface area contributed by atoms with Gasteiger partial charge < -0.3 is 14.9 Å². The summed E-state index contributed by atoms with van der Waals surface area (Å²) in [6, 6.07) is 0.246. The highest BCUT2D eigenvalue weighted by molar-refractivity contribution is 5.93. The molecule has 6 nitrogen and oxygen atoms in total. The molecule has 1 saturated heterocycles. The lowest BCUT2D eigenvalue weighted by Crippen LogP contribution is -2.41. The number of rotatable bonds is 4. The van der Waals surface area contributed by atoms with Crippen LogP contribution in [0.5, 0.6) is 0 Å². The highest BCUT2D eigenvalue weighted by atomic mass is 16.3. The molecule has 0 bridgehead atoms. The molecule has 6 heteroatoms. The highest BCUT2D eigenvalue weighted by Gasteiger charge is 2.32. The zero-order chi connectivity index (χ0) is 16.3. The van der Waals surface area contributed by atoms with Crippen molar-refractivity contribution < 1.29 is 9.90 Å². The van der Waals surface area contributed by atoms with Crippen molar-refractivity contribution >= 4 is 5.91 Å². The SMILES string of the molecule is CC(C)n1cc(C(=O)N2CCC[C@@](O)(CN(C)C)CC2)cn1. The average molecular weight is 308 g/mol. The lowest BCUT2D eigenvalue weighted by atomic mass is 9.94. The Morgan fingerprint density at radius 2 is 2.14 bits per heavy atom. The summed E-state index contributed by atoms with van der Waals surface area (Å²) in [5.74, 6) is 0.0148. The van der Waals surface area contributed by atoms with Crippen molar-refractivity contribution in [3.63, 3.8) is 0 Å². The van der Waals surface area contributed by atoms with E-state index in [9.17, 15) is 9.90 Å². The molecule has 0 aromatic carbocycles. The molecule has 0 aliphatic carbocycles. The molecule has 1 amide bonds. The Kier molecular flexibility index (Phi) is 5.24. The third-order valence-electron chi connectivity index (χ3n) is 4.19. The van der Waals surface area contributed by atoms with E-state index in [4.69, 9.17) is 0 Å². The van der Waals surface area contributed by atoms with Crippen molar-refractivity contribution in [3.8, 4) is 0 Å². The lowest BCUT2D eigenvalue weighted by Gasteiger charge is -2.29. The molecule has 1 atom stereocenters. The van der Waals surface area contributed by atoms with Crippen molar-refractivity contribution in [1.82, 2.24) is 19.6 Å². The molecular weight excluding hydrogens is 280 g/mol. The Bertz CT molecular complexity index is 512. The first-order valence-electron chi connectivity index (χ1n) is 8.01. The van der Waals surface area contributed by atoms with Crippen LogP contribution in [0.15, 0.2) is 12.4 Å². The number of likely N-dealkylation sites (N-methyl/N-ethyl adjacent to an activating group) is 1. The summed E-state index contributed by atoms with van der Waals surface area (Å²) in [7, 11) is 3.93. The monoisotopic (exact) mass is 308 g/mol. The maximum atomic E-state index is 12.6. The lowest BCUT2D eigenvalue weighted by molar-refractivity contribution is 0.00305. The molecule has 1 aliphatic heterocycles. The first-order valence-corrected chi connectivity index (χ1v) is 8.01. The van der Waals surface area contributed by atoms with E-state index in [1.807, 2.05) is 43.9 Å². The quantitative estimate of drug-likeness (QED) is 0.913. The first kappa shape index (κ1) is 17.0. The standard InChI is InChI=1S/C16H28N4O2/c1-13(2)20-11-14(10-17-20)15(21)19-8-5-6-16(22,7-9-19)12-18(3)4/h10-11,13,22H,5-9,12H2,1-4H3/t16-/m0/s1. The van der Waals surface area contributed by atoms with Crippen LogP contribution in [0.1, 0.15) is 49.5 Å². The average Bonchev–Trinajstić information content (AvgIpc) is 2.83. The Morgan fingerprint density at radius 1 is 1.41 bits per heavy atom. The summed E-state index contributed by atoms with van der Waals surface area (Å²) < 4.78 is 1.80. The van der Waals surface area contributed by atoms with Crippen molar-refractivity contribution in [1.29, 1.82) is 0 Å². The Balaban J connectivity index is 2.02. The summed E-state index contributed by atoms with van der Waals surface area (Å²) in [6.45, 7) is 6.00. The minimum absolute atomic E-state index is 0.0148. The predicted octanol–water partition coefficient (Wildman–Crippen LogP) is 1.38. The Hall–Kier alpha value is -1.40. The second-order valence-corrected chi connectivity index (χ2v) is 6.91. The number of carbonyl (C=O) groups excluding carboxylic acids is 1. The smallest absolute Gasteiger partial charge is 0.257 e. The number of aliphatic hydroxyl groups is 1. The number of hydrogen-bond donors (Lipinski definition) is 1. The molecule has 22 heavy (non-hydrogen) atoms. The van der Waals surface area contributed by atoms with Crippen LogP contribution >= 0.6 is 0 Å². The maximum absolute atomic E-state index is 12.6. The van der Waals surface area contributed by atoms with E-state index in [0.29, 0.717) is 31.6 Å². The van der Waals surface area contributed by atoms with Gasteiger partial charge in [0.2, 0.25) is 0 Å². The van der Waals surface area contributed by atoms with Gasteiger partial charge in [-0.15, -0.1) is 0 Å². The van der Waals surface area contributed by atoms with Gasteiger partial charge in [0.15, 0.2) is 0 Å². The number of aromatic nitrogens is 2. The molecule has 1 aromatic heterocycles. The van der Waals surface area contributed by atoms with E-state index in [0.717, 1.165) is 12.8 Å². The van der Waals surface area contributed by atoms with E-state index in [1.165, 1.54) is 0 Å². The molecule has 1 fully saturated rings. The van der Waals surface area contributed by atoms with Gasteiger partial charge in [0, 0.05) is 31.9 Å². The van der Waals surface area contributed by atoms with Gasteiger partial charge in [0.05, 0.1) is 17.4 Å². The van der Waals surface area contributed by atoms with Crippen LogP contribution in [-0.2, 0) is 0 Å². The molecule has 2 rings (SSSR count). The van der Waals surface area contributed by atoms with Gasteiger partial charge in [-0.05, 0) is 47.2 Å². The summed E-state index contributed by atoms with van der Waals surface area (Å²) in [5, 5.41) is 14.9. The second kappa shape index (κ2) is 6.79. The van der Waals surface area contributed by atoms with Crippen LogP contribution in [0.2, 0.25) is 0 Å². The number of amides is 1. The molecule has 1 aliphatic rings. The normalized spacial score (nSPS) is 23.1. The van der Waals surface area contributed by atoms with Gasteiger partial charge in [-0.25, -0.2) is 0 Å². The molecule has 0 spiro atoms. The fraction of sp³-hybridized carbons (Fsp3) is 0.750. The van der Waals surface area contributed by atoms with Gasteiger partial charge in [0.25, 0.3) is 5.91 Å². The van der Waals surface area contributed by atoms with Crippen LogP contribution < -0.4 is 0 Å². The van der Waals surface area contributed by atoms with E-state index in [1.54, 1.807) is 10.9 Å². The second-order valence-electron chi connectivity index (χ2n) is 6.91. The molecule has 124 valence electrons. The first-order chi connectivity index (χ1) is 10.3. The van der Waals surface area contributed by atoms with Crippen molar-refractivity contribution in [2.75, 3.05) is 33.7 Å². The molecule has 0 radical (unpaired) electrons. The molecule has 1 N–H and O–H groups in total. The third-order valence-corrected chi connectivity index (χ3v) is 4.19. The number of nitrogens with zero attached hydrogens (tertiary/aromatic N) is 4. The van der Waals surface area contributed by atoms with Crippen LogP contribution in [0.4, 0.5) is 0 Å². The predicted molar refractivity (Wildman–Crippen MR) is 85.9 cm³/mol. The summed E-state index contributed by atoms with van der Waals surface area (Å²) in [5.41, 5.74) is -0.0626. The maximum Gasteiger partial charge on any atom is 0.257 e. The molecule has 0 unspecified atom stereocenters. The molecular formula is C16H28N4O2. The van der Waals surface area contributed by atoms with Gasteiger partial charge >= 0.3 is 0 Å². The number of carbonyl (C=O) groups is 1. The summed E-state index contributed by atoms with van der Waals surface area (Å²) >= 11 is 0. The zero-order valence-electron chi connectivity index (χ0n) is 14.1. The van der Waals surface area contributed by atoms with Gasteiger partial charge in [-0.1, -0.05) is 0 Å². The van der Waals surface area contributed by atoms with Crippen molar-refractivity contribution in [2.45, 2.75) is 44.8 Å². The van der Waals surface area contributed by atoms with Gasteiger partial charge in [-0.3, -0.25) is 9.48 Å². The number of hydrogen-bond acceptors (Lipinski definition) is 4. The van der Waals surface area contributed by atoms with E-state index in [2.05, 4.69) is 5.10 Å². The van der Waals surface area contributed by atoms with Crippen LogP contribution in [-0.4, -0.2) is 69.9 Å². The molecule has 2 heterocycles. The largest absolute Gasteiger partial charge is 0.388 e. The summed E-state index contributed by atoms with van der Waals surface area (Å²) in [4.78, 5) is 16.4. The molecule has 1 aromatic rings. The fourth-order valence-electron chi connectivity index (χ4n) is 3.04. The van der Waals surface area contributed by atoms with E-state index in [-0.39, 0.29) is 11.9 Å². The van der Waals surface area contributed by atoms with Crippen LogP contribution in [0, 0.1) is 0 Å². The van der Waals surface area contributed by atoms with E-state index < -0.39 is 5.60 Å². The minimum Gasteiger partial charge on any atom is -0.388 e. The topological polar surface area (TPSA) is 61.6 Å².